The number of esters is 1. The Morgan fingerprint density at radius 2 is 1.89 bits per heavy atom. The van der Waals surface area contributed by atoms with Crippen molar-refractivity contribution in [3.63, 3.8) is 0 Å². The lowest BCUT2D eigenvalue weighted by Crippen LogP contribution is -2.70. The molecule has 5 unspecified atom stereocenters. The quantitative estimate of drug-likeness (QED) is 0.315. The number of hydrogen-bond acceptors (Lipinski definition) is 8. The molecular formula is C28H33NO7S. The van der Waals surface area contributed by atoms with Crippen LogP contribution in [0.4, 0.5) is 5.69 Å². The summed E-state index contributed by atoms with van der Waals surface area (Å²) in [6.45, 7) is 1.44. The van der Waals surface area contributed by atoms with E-state index >= 15 is 0 Å². The molecule has 0 radical (unpaired) electrons. The Morgan fingerprint density at radius 1 is 1.16 bits per heavy atom. The van der Waals surface area contributed by atoms with E-state index in [-0.39, 0.29) is 36.0 Å². The fourth-order valence-corrected chi connectivity index (χ4v) is 7.64. The van der Waals surface area contributed by atoms with Gasteiger partial charge in [0, 0.05) is 42.9 Å². The predicted octanol–water partition coefficient (Wildman–Crippen LogP) is 3.61. The number of carbonyl (C=O) groups is 2. The number of Topliss-reactive ketones (excluding diaryl/α,β-unsaturated/α-hetero) is 1. The number of nitrogens with zero attached hydrogens (tertiary/aromatic N) is 1. The summed E-state index contributed by atoms with van der Waals surface area (Å²) >= 11 is 0. The molecule has 0 aromatic heterocycles. The molecule has 5 rings (SSSR count). The molecule has 0 amide bonds. The van der Waals surface area contributed by atoms with Gasteiger partial charge in [0.05, 0.1) is 18.6 Å². The van der Waals surface area contributed by atoms with E-state index in [2.05, 4.69) is 0 Å². The number of ketones is 1. The highest BCUT2D eigenvalue weighted by atomic mass is 32.2. The summed E-state index contributed by atoms with van der Waals surface area (Å²) in [6, 6.07) is 10.5. The molecule has 2 aromatic rings. The van der Waals surface area contributed by atoms with Gasteiger partial charge in [-0.3, -0.25) is 13.8 Å². The predicted molar refractivity (Wildman–Crippen MR) is 139 cm³/mol. The molecule has 3 aliphatic rings. The zero-order valence-electron chi connectivity index (χ0n) is 21.3. The second-order valence-electron chi connectivity index (χ2n) is 10.7. The average Bonchev–Trinajstić information content (AvgIpc) is 3.05. The van der Waals surface area contributed by atoms with Gasteiger partial charge in [-0.15, -0.1) is 0 Å². The van der Waals surface area contributed by atoms with Crippen molar-refractivity contribution >= 4 is 38.3 Å². The third kappa shape index (κ3) is 3.90. The summed E-state index contributed by atoms with van der Waals surface area (Å²) in [5, 5.41) is 12.6. The van der Waals surface area contributed by atoms with Gasteiger partial charge in [-0.1, -0.05) is 36.4 Å². The minimum atomic E-state index is -4.13. The summed E-state index contributed by atoms with van der Waals surface area (Å²) in [4.78, 5) is 27.8. The molecule has 1 N–H and O–H groups in total. The highest BCUT2D eigenvalue weighted by molar-refractivity contribution is 7.87. The molecule has 9 heteroatoms. The number of aliphatic hydroxyl groups is 1. The van der Waals surface area contributed by atoms with Crippen LogP contribution in [0.5, 0.6) is 0 Å². The molecule has 2 aromatic carbocycles. The van der Waals surface area contributed by atoms with Crippen molar-refractivity contribution in [2.45, 2.75) is 55.6 Å². The number of aliphatic hydroxyl groups excluding tert-OH is 1. The van der Waals surface area contributed by atoms with Crippen LogP contribution in [0.2, 0.25) is 0 Å². The molecular weight excluding hydrogens is 494 g/mol. The minimum Gasteiger partial charge on any atom is -0.457 e. The number of rotatable bonds is 8. The van der Waals surface area contributed by atoms with Crippen molar-refractivity contribution < 1.29 is 32.0 Å². The van der Waals surface area contributed by atoms with E-state index in [1.165, 1.54) is 6.07 Å². The van der Waals surface area contributed by atoms with Crippen LogP contribution < -0.4 is 4.90 Å². The first-order valence-electron chi connectivity index (χ1n) is 12.7. The van der Waals surface area contributed by atoms with E-state index in [4.69, 9.17) is 8.92 Å². The molecule has 0 bridgehead atoms. The Labute approximate surface area is 217 Å². The van der Waals surface area contributed by atoms with Gasteiger partial charge in [0.2, 0.25) is 0 Å². The maximum absolute atomic E-state index is 13.2. The first-order valence-corrected chi connectivity index (χ1v) is 14.1. The first kappa shape index (κ1) is 25.9. The van der Waals surface area contributed by atoms with E-state index in [1.807, 2.05) is 43.3 Å². The topological polar surface area (TPSA) is 110 Å². The number of fused-ring (bicyclic) bond motifs is 2. The Morgan fingerprint density at radius 3 is 2.57 bits per heavy atom. The molecule has 1 saturated carbocycles. The fourth-order valence-electron chi connectivity index (χ4n) is 6.50. The second-order valence-corrected chi connectivity index (χ2v) is 12.3. The lowest BCUT2D eigenvalue weighted by Gasteiger charge is -2.55. The van der Waals surface area contributed by atoms with Crippen LogP contribution >= 0.6 is 0 Å². The number of allylic oxidation sites excluding steroid dienone is 1. The Hall–Kier alpha value is -2.75. The van der Waals surface area contributed by atoms with Crippen LogP contribution in [0.25, 0.3) is 10.8 Å². The largest absolute Gasteiger partial charge is 0.457 e. The first-order chi connectivity index (χ1) is 17.5. The zero-order chi connectivity index (χ0) is 26.6. The van der Waals surface area contributed by atoms with Crippen molar-refractivity contribution in [2.24, 2.45) is 17.3 Å². The molecule has 1 saturated heterocycles. The highest BCUT2D eigenvalue weighted by Crippen LogP contribution is 2.62. The highest BCUT2D eigenvalue weighted by Gasteiger charge is 2.78. The van der Waals surface area contributed by atoms with Gasteiger partial charge in [0.1, 0.15) is 21.7 Å². The Balaban J connectivity index is 1.35. The van der Waals surface area contributed by atoms with E-state index < -0.39 is 39.1 Å². The zero-order valence-corrected chi connectivity index (χ0v) is 22.2. The van der Waals surface area contributed by atoms with Gasteiger partial charge < -0.3 is 14.7 Å². The minimum absolute atomic E-state index is 0.0570. The maximum Gasteiger partial charge on any atom is 0.319 e. The number of anilines is 1. The van der Waals surface area contributed by atoms with Gasteiger partial charge >= 0.3 is 5.97 Å². The van der Waals surface area contributed by atoms with Crippen LogP contribution in [-0.4, -0.2) is 57.7 Å². The Kier molecular flexibility index (Phi) is 6.45. The third-order valence-corrected chi connectivity index (χ3v) is 9.89. The molecule has 5 atom stereocenters. The van der Waals surface area contributed by atoms with E-state index in [0.29, 0.717) is 5.39 Å². The van der Waals surface area contributed by atoms with Gasteiger partial charge in [0.15, 0.2) is 0 Å². The number of ether oxygens (including phenoxy) is 1. The van der Waals surface area contributed by atoms with Gasteiger partial charge in [-0.2, -0.15) is 8.42 Å². The summed E-state index contributed by atoms with van der Waals surface area (Å²) in [6.07, 6.45) is 5.42. The summed E-state index contributed by atoms with van der Waals surface area (Å²) < 4.78 is 37.4. The van der Waals surface area contributed by atoms with Gasteiger partial charge in [-0.25, -0.2) is 0 Å². The normalized spacial score (nSPS) is 30.1. The molecule has 2 aliphatic carbocycles. The lowest BCUT2D eigenvalue weighted by molar-refractivity contribution is -0.263. The monoisotopic (exact) mass is 527 g/mol. The van der Waals surface area contributed by atoms with Crippen LogP contribution in [0.3, 0.4) is 0 Å². The van der Waals surface area contributed by atoms with Crippen LogP contribution in [0.1, 0.15) is 39.0 Å². The van der Waals surface area contributed by atoms with Crippen LogP contribution in [0, 0.1) is 17.3 Å². The van der Waals surface area contributed by atoms with Gasteiger partial charge in [-0.05, 0) is 44.7 Å². The SMILES string of the molecule is CN(C)c1cccc2c(S(=O)(=O)OCCC3C(=O)CC4(C(O)C5C=CCCC5)C(=O)OC34C)cccc12. The maximum atomic E-state index is 13.2. The van der Waals surface area contributed by atoms with Crippen molar-refractivity contribution in [3.05, 3.63) is 48.6 Å². The molecule has 0 spiro atoms. The smallest absolute Gasteiger partial charge is 0.319 e. The number of benzene rings is 2. The van der Waals surface area contributed by atoms with E-state index in [0.717, 1.165) is 30.3 Å². The van der Waals surface area contributed by atoms with Crippen molar-refractivity contribution in [1.82, 2.24) is 0 Å². The Bertz CT molecular complexity index is 1380. The van der Waals surface area contributed by atoms with E-state index in [9.17, 15) is 23.1 Å². The van der Waals surface area contributed by atoms with E-state index in [1.54, 1.807) is 25.1 Å². The standard InChI is InChI=1S/C28H33NO7S/c1-27-21(23(30)17-28(27,26(32)36-27)25(31)18-9-5-4-6-10-18)15-16-35-37(33,34)24-14-8-11-19-20(24)12-7-13-22(19)29(2)3/h5,7-9,11-14,18,21,25,31H,4,6,10,15-17H2,1-3H3. The summed E-state index contributed by atoms with van der Waals surface area (Å²) in [5.74, 6) is -1.75. The molecule has 1 heterocycles. The number of carbonyl (C=O) groups excluding carboxylic acids is 2. The third-order valence-electron chi connectivity index (χ3n) is 8.52. The molecule has 2 fully saturated rings. The molecule has 37 heavy (non-hydrogen) atoms. The molecule has 8 nitrogen and oxygen atoms in total. The fraction of sp³-hybridized carbons (Fsp3) is 0.500. The number of hydrogen-bond donors (Lipinski definition) is 1. The second kappa shape index (κ2) is 9.22. The average molecular weight is 528 g/mol. The van der Waals surface area contributed by atoms with Crippen molar-refractivity contribution in [2.75, 3.05) is 25.6 Å². The molecule has 1 aliphatic heterocycles. The van der Waals surface area contributed by atoms with Gasteiger partial charge in [0.25, 0.3) is 10.1 Å². The van der Waals surface area contributed by atoms with Crippen LogP contribution in [-0.2, 0) is 28.6 Å². The lowest BCUT2D eigenvalue weighted by atomic mass is 9.60. The summed E-state index contributed by atoms with van der Waals surface area (Å²) in [5.41, 5.74) is -1.62. The van der Waals surface area contributed by atoms with Crippen molar-refractivity contribution in [3.8, 4) is 0 Å². The van der Waals surface area contributed by atoms with Crippen LogP contribution in [0.15, 0.2) is 53.4 Å². The van der Waals surface area contributed by atoms with Crippen molar-refractivity contribution in [1.29, 1.82) is 0 Å². The molecule has 198 valence electrons. The summed E-state index contributed by atoms with van der Waals surface area (Å²) in [7, 11) is -0.348.